The number of hydrogen-bond acceptors (Lipinski definition) is 8. The molecule has 0 spiro atoms. The van der Waals surface area contributed by atoms with Crippen LogP contribution >= 0.6 is 0 Å². The summed E-state index contributed by atoms with van der Waals surface area (Å²) in [7, 11) is -8.87. The van der Waals surface area contributed by atoms with E-state index in [1.165, 1.54) is 0 Å². The van der Waals surface area contributed by atoms with Crippen molar-refractivity contribution in [2.75, 3.05) is 13.2 Å². The van der Waals surface area contributed by atoms with Crippen molar-refractivity contribution in [2.45, 2.75) is 26.7 Å². The van der Waals surface area contributed by atoms with Crippen LogP contribution in [0.2, 0.25) is 0 Å². The molecule has 0 aromatic carbocycles. The molecule has 0 fully saturated rings. The molecule has 11 heteroatoms. The van der Waals surface area contributed by atoms with E-state index >= 15 is 0 Å². The van der Waals surface area contributed by atoms with Gasteiger partial charge in [-0.3, -0.25) is 8.37 Å². The molecule has 100 valence electrons. The maximum Gasteiger partial charge on any atom is 2.00 e. The topological polar surface area (TPSA) is 133 Å². The Morgan fingerprint density at radius 2 is 1.06 bits per heavy atom. The zero-order valence-corrected chi connectivity index (χ0v) is 14.2. The third kappa shape index (κ3) is 31.4. The minimum Gasteiger partial charge on any atom is -0.726 e. The van der Waals surface area contributed by atoms with Gasteiger partial charge in [-0.1, -0.05) is 13.8 Å². The molecule has 8 nitrogen and oxygen atoms in total. The summed E-state index contributed by atoms with van der Waals surface area (Å²) >= 11 is 0. The molecule has 0 radical (unpaired) electrons. The van der Waals surface area contributed by atoms with Gasteiger partial charge in [0.15, 0.2) is 0 Å². The molecular formula is C6H14O8S2Zn. The van der Waals surface area contributed by atoms with Gasteiger partial charge in [0.05, 0.1) is 13.2 Å². The monoisotopic (exact) mass is 342 g/mol. The molecule has 0 rings (SSSR count). The van der Waals surface area contributed by atoms with E-state index in [0.717, 1.165) is 0 Å². The molecule has 0 bridgehead atoms. The Morgan fingerprint density at radius 1 is 0.824 bits per heavy atom. The van der Waals surface area contributed by atoms with Crippen molar-refractivity contribution in [3.63, 3.8) is 0 Å². The van der Waals surface area contributed by atoms with Crippen LogP contribution in [0.5, 0.6) is 0 Å². The van der Waals surface area contributed by atoms with Crippen LogP contribution in [0.25, 0.3) is 0 Å². The fourth-order valence-electron chi connectivity index (χ4n) is 0.371. The maximum absolute atomic E-state index is 9.61. The molecule has 0 unspecified atom stereocenters. The van der Waals surface area contributed by atoms with Gasteiger partial charge in [0.25, 0.3) is 0 Å². The molecule has 0 aromatic rings. The summed E-state index contributed by atoms with van der Waals surface area (Å²) in [4.78, 5) is 0. The molecule has 0 heterocycles. The van der Waals surface area contributed by atoms with E-state index in [1.54, 1.807) is 13.8 Å². The number of rotatable bonds is 6. The van der Waals surface area contributed by atoms with Gasteiger partial charge in [-0.15, -0.1) is 0 Å². The van der Waals surface area contributed by atoms with Crippen LogP contribution in [-0.2, 0) is 48.6 Å². The van der Waals surface area contributed by atoms with E-state index in [0.29, 0.717) is 12.8 Å². The van der Waals surface area contributed by atoms with Crippen molar-refractivity contribution in [3.05, 3.63) is 0 Å². The summed E-state index contributed by atoms with van der Waals surface area (Å²) in [5.74, 6) is 0. The number of hydrogen-bond donors (Lipinski definition) is 0. The third-order valence-electron chi connectivity index (χ3n) is 0.864. The van der Waals surface area contributed by atoms with Gasteiger partial charge >= 0.3 is 19.5 Å². The third-order valence-corrected chi connectivity index (χ3v) is 1.77. The van der Waals surface area contributed by atoms with Crippen molar-refractivity contribution < 1.29 is 53.8 Å². The first-order chi connectivity index (χ1) is 7.12. The van der Waals surface area contributed by atoms with Crippen molar-refractivity contribution in [1.82, 2.24) is 0 Å². The Balaban J connectivity index is -0.000000218. The van der Waals surface area contributed by atoms with E-state index in [2.05, 4.69) is 8.37 Å². The summed E-state index contributed by atoms with van der Waals surface area (Å²) in [5.41, 5.74) is 0. The Morgan fingerprint density at radius 3 is 1.12 bits per heavy atom. The fourth-order valence-corrected chi connectivity index (χ4v) is 1.11. The average molecular weight is 344 g/mol. The van der Waals surface area contributed by atoms with Crippen molar-refractivity contribution in [3.8, 4) is 0 Å². The van der Waals surface area contributed by atoms with Gasteiger partial charge in [-0.25, -0.2) is 16.8 Å². The first-order valence-corrected chi connectivity index (χ1v) is 6.99. The molecule has 0 aliphatic heterocycles. The zero-order chi connectivity index (χ0) is 13.2. The molecule has 0 amide bonds. The van der Waals surface area contributed by atoms with E-state index in [-0.39, 0.29) is 32.7 Å². The summed E-state index contributed by atoms with van der Waals surface area (Å²) in [6, 6.07) is 0. The predicted octanol–water partition coefficient (Wildman–Crippen LogP) is -0.256. The van der Waals surface area contributed by atoms with Crippen LogP contribution in [0.15, 0.2) is 0 Å². The summed E-state index contributed by atoms with van der Waals surface area (Å²) in [6.07, 6.45) is 1.06. The molecule has 17 heavy (non-hydrogen) atoms. The molecule has 0 atom stereocenters. The quantitative estimate of drug-likeness (QED) is 0.366. The van der Waals surface area contributed by atoms with E-state index in [9.17, 15) is 25.9 Å². The van der Waals surface area contributed by atoms with Crippen molar-refractivity contribution >= 4 is 20.8 Å². The Labute approximate surface area is 114 Å². The van der Waals surface area contributed by atoms with Crippen LogP contribution in [0.4, 0.5) is 0 Å². The normalized spacial score (nSPS) is 11.1. The summed E-state index contributed by atoms with van der Waals surface area (Å²) in [6.45, 7) is 3.38. The minimum absolute atomic E-state index is 0. The molecule has 0 aliphatic rings. The predicted molar refractivity (Wildman–Crippen MR) is 51.9 cm³/mol. The first kappa shape index (κ1) is 22.5. The van der Waals surface area contributed by atoms with Gasteiger partial charge in [-0.2, -0.15) is 0 Å². The minimum atomic E-state index is -4.44. The van der Waals surface area contributed by atoms with Crippen molar-refractivity contribution in [1.29, 1.82) is 0 Å². The maximum atomic E-state index is 9.61. The Bertz CT molecular complexity index is 312. The van der Waals surface area contributed by atoms with Crippen molar-refractivity contribution in [2.24, 2.45) is 0 Å². The average Bonchev–Trinajstić information content (AvgIpc) is 2.10. The van der Waals surface area contributed by atoms with Gasteiger partial charge < -0.3 is 9.11 Å². The standard InChI is InChI=1S/2C3H8O4S.Zn/c2*1-2-3-7-8(4,5)6;/h2*2-3H2,1H3,(H,4,5,6);/q;;+2/p-2. The molecule has 0 aromatic heterocycles. The first-order valence-electron chi connectivity index (χ1n) is 4.32. The second-order valence-corrected chi connectivity index (χ2v) is 4.56. The van der Waals surface area contributed by atoms with Crippen LogP contribution in [-0.4, -0.2) is 39.2 Å². The molecular weight excluding hydrogens is 330 g/mol. The van der Waals surface area contributed by atoms with Gasteiger partial charge in [0.1, 0.15) is 0 Å². The van der Waals surface area contributed by atoms with Gasteiger partial charge in [-0.05, 0) is 12.8 Å². The van der Waals surface area contributed by atoms with Crippen LogP contribution < -0.4 is 0 Å². The SMILES string of the molecule is CCCOS(=O)(=O)[O-].CCCOS(=O)(=O)[O-].[Zn+2]. The largest absolute Gasteiger partial charge is 2.00 e. The fraction of sp³-hybridized carbons (Fsp3) is 1.00. The molecule has 0 N–H and O–H groups in total. The van der Waals surface area contributed by atoms with E-state index < -0.39 is 20.8 Å². The van der Waals surface area contributed by atoms with E-state index in [4.69, 9.17) is 0 Å². The van der Waals surface area contributed by atoms with Gasteiger partial charge in [0.2, 0.25) is 20.8 Å². The van der Waals surface area contributed by atoms with Crippen LogP contribution in [0.3, 0.4) is 0 Å². The summed E-state index contributed by atoms with van der Waals surface area (Å²) < 4.78 is 65.3. The Hall–Kier alpha value is 0.363. The second-order valence-electron chi connectivity index (χ2n) is 2.46. The second kappa shape index (κ2) is 11.5. The van der Waals surface area contributed by atoms with Crippen LogP contribution in [0, 0.1) is 0 Å². The van der Waals surface area contributed by atoms with Gasteiger partial charge in [0, 0.05) is 0 Å². The van der Waals surface area contributed by atoms with Crippen LogP contribution in [0.1, 0.15) is 26.7 Å². The zero-order valence-electron chi connectivity index (χ0n) is 9.62. The summed E-state index contributed by atoms with van der Waals surface area (Å²) in [5, 5.41) is 0. The smallest absolute Gasteiger partial charge is 0.726 e. The molecule has 0 saturated carbocycles. The Kier molecular flexibility index (Phi) is 15.2. The van der Waals surface area contributed by atoms with E-state index in [1.807, 2.05) is 0 Å². The molecule has 0 aliphatic carbocycles. The molecule has 0 saturated heterocycles.